The van der Waals surface area contributed by atoms with E-state index in [1.807, 2.05) is 31.2 Å². The number of nitrogens with one attached hydrogen (secondary N) is 1. The molecule has 3 rings (SSSR count). The van der Waals surface area contributed by atoms with Gasteiger partial charge in [0.05, 0.1) is 11.6 Å². The quantitative estimate of drug-likeness (QED) is 0.669. The van der Waals surface area contributed by atoms with Crippen LogP contribution in [-0.4, -0.2) is 0 Å². The van der Waals surface area contributed by atoms with Crippen LogP contribution in [0.4, 0.5) is 5.69 Å². The Kier molecular flexibility index (Phi) is 4.97. The van der Waals surface area contributed by atoms with Gasteiger partial charge in [0, 0.05) is 11.4 Å². The molecule has 2 heteroatoms. The monoisotopic (exact) mass is 324 g/mol. The third-order valence-corrected chi connectivity index (χ3v) is 4.21. The molecule has 3 aromatic rings. The van der Waals surface area contributed by atoms with Gasteiger partial charge in [-0.25, -0.2) is 0 Å². The summed E-state index contributed by atoms with van der Waals surface area (Å²) in [6.45, 7) is 6.03. The maximum Gasteiger partial charge on any atom is 0.0994 e. The molecule has 0 unspecified atom stereocenters. The highest BCUT2D eigenvalue weighted by atomic mass is 14.9. The number of anilines is 1. The summed E-state index contributed by atoms with van der Waals surface area (Å²) in [5.41, 5.74) is 6.92. The van der Waals surface area contributed by atoms with Crippen LogP contribution in [0.25, 0.3) is 5.70 Å². The van der Waals surface area contributed by atoms with Gasteiger partial charge < -0.3 is 5.32 Å². The Morgan fingerprint density at radius 2 is 1.64 bits per heavy atom. The lowest BCUT2D eigenvalue weighted by Crippen LogP contribution is -1.99. The first-order valence-electron chi connectivity index (χ1n) is 8.25. The van der Waals surface area contributed by atoms with Gasteiger partial charge in [0.25, 0.3) is 0 Å². The predicted octanol–water partition coefficient (Wildman–Crippen LogP) is 5.54. The summed E-state index contributed by atoms with van der Waals surface area (Å²) in [7, 11) is 0. The number of aryl methyl sites for hydroxylation is 1. The van der Waals surface area contributed by atoms with E-state index in [4.69, 9.17) is 5.26 Å². The van der Waals surface area contributed by atoms with E-state index in [0.717, 1.165) is 28.9 Å². The second-order valence-corrected chi connectivity index (χ2v) is 6.10. The van der Waals surface area contributed by atoms with Gasteiger partial charge in [-0.3, -0.25) is 0 Å². The van der Waals surface area contributed by atoms with Gasteiger partial charge >= 0.3 is 0 Å². The zero-order chi connectivity index (χ0) is 17.6. The Bertz CT molecular complexity index is 917. The van der Waals surface area contributed by atoms with Gasteiger partial charge in [-0.15, -0.1) is 0 Å². The molecule has 0 aliphatic carbocycles. The fourth-order valence-electron chi connectivity index (χ4n) is 2.71. The molecule has 3 aromatic carbocycles. The molecule has 2 nitrogen and oxygen atoms in total. The smallest absolute Gasteiger partial charge is 0.0994 e. The molecular formula is C23H20N2. The van der Waals surface area contributed by atoms with Gasteiger partial charge in [-0.2, -0.15) is 5.26 Å². The number of nitrogens with zero attached hydrogens (tertiary/aromatic N) is 1. The van der Waals surface area contributed by atoms with Gasteiger partial charge in [-0.05, 0) is 53.8 Å². The molecule has 0 spiro atoms. The van der Waals surface area contributed by atoms with Gasteiger partial charge in [0.2, 0.25) is 0 Å². The van der Waals surface area contributed by atoms with E-state index in [9.17, 15) is 0 Å². The third kappa shape index (κ3) is 4.16. The Morgan fingerprint density at radius 3 is 2.32 bits per heavy atom. The van der Waals surface area contributed by atoms with Crippen LogP contribution in [0, 0.1) is 18.3 Å². The standard InChI is InChI=1S/C23H20N2/c1-17-8-11-21(15-22(17)16-24)18(2)25-23-12-9-20(10-13-23)14-19-6-4-3-5-7-19/h3-13,15,25H,2,14H2,1H3. The average molecular weight is 324 g/mol. The number of hydrogen-bond donors (Lipinski definition) is 1. The van der Waals surface area contributed by atoms with Crippen molar-refractivity contribution in [1.82, 2.24) is 0 Å². The molecule has 25 heavy (non-hydrogen) atoms. The molecule has 122 valence electrons. The van der Waals surface area contributed by atoms with Crippen molar-refractivity contribution in [2.75, 3.05) is 5.32 Å². The molecule has 0 heterocycles. The van der Waals surface area contributed by atoms with Crippen molar-refractivity contribution >= 4 is 11.4 Å². The van der Waals surface area contributed by atoms with E-state index < -0.39 is 0 Å². The van der Waals surface area contributed by atoms with Gasteiger partial charge in [0.1, 0.15) is 0 Å². The van der Waals surface area contributed by atoms with Crippen molar-refractivity contribution in [3.63, 3.8) is 0 Å². The first-order chi connectivity index (χ1) is 12.2. The second-order valence-electron chi connectivity index (χ2n) is 6.10. The molecule has 1 N–H and O–H groups in total. The largest absolute Gasteiger partial charge is 0.356 e. The molecule has 0 saturated heterocycles. The first-order valence-corrected chi connectivity index (χ1v) is 8.25. The number of rotatable bonds is 5. The molecule has 0 amide bonds. The summed E-state index contributed by atoms with van der Waals surface area (Å²) in [4.78, 5) is 0. The summed E-state index contributed by atoms with van der Waals surface area (Å²) in [6, 6.07) is 26.8. The van der Waals surface area contributed by atoms with Gasteiger partial charge in [-0.1, -0.05) is 61.2 Å². The van der Waals surface area contributed by atoms with E-state index in [1.165, 1.54) is 11.1 Å². The van der Waals surface area contributed by atoms with Crippen LogP contribution in [0.5, 0.6) is 0 Å². The van der Waals surface area contributed by atoms with Crippen LogP contribution >= 0.6 is 0 Å². The highest BCUT2D eigenvalue weighted by Gasteiger charge is 2.04. The summed E-state index contributed by atoms with van der Waals surface area (Å²) in [5.74, 6) is 0. The normalized spacial score (nSPS) is 10.1. The molecule has 0 aliphatic rings. The molecule has 0 radical (unpaired) electrons. The Labute approximate surface area is 149 Å². The molecule has 0 bridgehead atoms. The minimum atomic E-state index is 0.679. The Hall–Kier alpha value is -3.31. The summed E-state index contributed by atoms with van der Waals surface area (Å²) >= 11 is 0. The van der Waals surface area contributed by atoms with Crippen molar-refractivity contribution in [3.05, 3.63) is 107 Å². The SMILES string of the molecule is C=C(Nc1ccc(Cc2ccccc2)cc1)c1ccc(C)c(C#N)c1. The van der Waals surface area contributed by atoms with E-state index in [1.54, 1.807) is 0 Å². The van der Waals surface area contributed by atoms with E-state index >= 15 is 0 Å². The van der Waals surface area contributed by atoms with Crippen LogP contribution in [0.1, 0.15) is 27.8 Å². The summed E-state index contributed by atoms with van der Waals surface area (Å²) in [5, 5.41) is 12.5. The highest BCUT2D eigenvalue weighted by molar-refractivity contribution is 5.76. The lowest BCUT2D eigenvalue weighted by atomic mass is 10.0. The topological polar surface area (TPSA) is 35.8 Å². The summed E-state index contributed by atoms with van der Waals surface area (Å²) in [6.07, 6.45) is 0.922. The fraction of sp³-hybridized carbons (Fsp3) is 0.0870. The molecule has 0 aliphatic heterocycles. The van der Waals surface area contributed by atoms with Crippen LogP contribution < -0.4 is 5.32 Å². The minimum absolute atomic E-state index is 0.679. The Balaban J connectivity index is 1.69. The van der Waals surface area contributed by atoms with E-state index in [2.05, 4.69) is 66.5 Å². The van der Waals surface area contributed by atoms with Crippen LogP contribution in [0.3, 0.4) is 0 Å². The van der Waals surface area contributed by atoms with Crippen molar-refractivity contribution in [1.29, 1.82) is 5.26 Å². The summed E-state index contributed by atoms with van der Waals surface area (Å²) < 4.78 is 0. The zero-order valence-electron chi connectivity index (χ0n) is 14.3. The Morgan fingerprint density at radius 1 is 0.960 bits per heavy atom. The highest BCUT2D eigenvalue weighted by Crippen LogP contribution is 2.21. The maximum atomic E-state index is 9.17. The number of nitriles is 1. The number of hydrogen-bond acceptors (Lipinski definition) is 2. The maximum absolute atomic E-state index is 9.17. The van der Waals surface area contributed by atoms with E-state index in [0.29, 0.717) is 5.56 Å². The van der Waals surface area contributed by atoms with Crippen molar-refractivity contribution in [2.24, 2.45) is 0 Å². The molecule has 0 atom stereocenters. The third-order valence-electron chi connectivity index (χ3n) is 4.21. The lowest BCUT2D eigenvalue weighted by Gasteiger charge is -2.12. The molecule has 0 saturated carbocycles. The van der Waals surface area contributed by atoms with E-state index in [-0.39, 0.29) is 0 Å². The lowest BCUT2D eigenvalue weighted by molar-refractivity contribution is 1.19. The van der Waals surface area contributed by atoms with Crippen molar-refractivity contribution in [3.8, 4) is 6.07 Å². The zero-order valence-corrected chi connectivity index (χ0v) is 14.3. The average Bonchev–Trinajstić information content (AvgIpc) is 2.64. The van der Waals surface area contributed by atoms with Crippen molar-refractivity contribution < 1.29 is 0 Å². The minimum Gasteiger partial charge on any atom is -0.356 e. The van der Waals surface area contributed by atoms with Crippen LogP contribution in [0.2, 0.25) is 0 Å². The van der Waals surface area contributed by atoms with Crippen LogP contribution in [-0.2, 0) is 6.42 Å². The van der Waals surface area contributed by atoms with Gasteiger partial charge in [0.15, 0.2) is 0 Å². The first kappa shape index (κ1) is 16.5. The predicted molar refractivity (Wildman–Crippen MR) is 104 cm³/mol. The number of benzene rings is 3. The van der Waals surface area contributed by atoms with Crippen molar-refractivity contribution in [2.45, 2.75) is 13.3 Å². The molecule has 0 fully saturated rings. The molecular weight excluding hydrogens is 304 g/mol. The second kappa shape index (κ2) is 7.51. The fourth-order valence-corrected chi connectivity index (χ4v) is 2.71. The van der Waals surface area contributed by atoms with Crippen LogP contribution in [0.15, 0.2) is 79.4 Å². The molecule has 0 aromatic heterocycles.